The Balaban J connectivity index is 1.98. The Bertz CT molecular complexity index is 555. The molecule has 2 aromatic rings. The number of ether oxygens (including phenoxy) is 1. The van der Waals surface area contributed by atoms with Gasteiger partial charge in [0.25, 0.3) is 0 Å². The lowest BCUT2D eigenvalue weighted by Gasteiger charge is -2.04. The van der Waals surface area contributed by atoms with E-state index in [0.29, 0.717) is 16.2 Å². The highest BCUT2D eigenvalue weighted by Gasteiger charge is 2.07. The first-order valence-electron chi connectivity index (χ1n) is 4.99. The zero-order valence-corrected chi connectivity index (χ0v) is 9.74. The van der Waals surface area contributed by atoms with Gasteiger partial charge in [0.2, 0.25) is 5.78 Å². The number of hydrogen-bond acceptors (Lipinski definition) is 4. The molecule has 1 aromatic carbocycles. The molecule has 4 heteroatoms. The van der Waals surface area contributed by atoms with Gasteiger partial charge in [-0.1, -0.05) is 12.1 Å². The highest BCUT2D eigenvalue weighted by Crippen LogP contribution is 2.14. The highest BCUT2D eigenvalue weighted by molar-refractivity contribution is 7.12. The van der Waals surface area contributed by atoms with Crippen molar-refractivity contribution in [1.82, 2.24) is 0 Å². The lowest BCUT2D eigenvalue weighted by atomic mass is 10.2. The van der Waals surface area contributed by atoms with Gasteiger partial charge in [-0.05, 0) is 29.6 Å². The molecule has 1 aromatic heterocycles. The smallest absolute Gasteiger partial charge is 0.210 e. The summed E-state index contributed by atoms with van der Waals surface area (Å²) in [5, 5.41) is 10.6. The Morgan fingerprint density at radius 2 is 2.24 bits per heavy atom. The van der Waals surface area contributed by atoms with E-state index in [-0.39, 0.29) is 12.4 Å². The molecule has 0 atom stereocenters. The molecule has 0 bridgehead atoms. The van der Waals surface area contributed by atoms with Crippen molar-refractivity contribution in [2.24, 2.45) is 0 Å². The molecule has 17 heavy (non-hydrogen) atoms. The van der Waals surface area contributed by atoms with E-state index < -0.39 is 0 Å². The van der Waals surface area contributed by atoms with Gasteiger partial charge in [-0.25, -0.2) is 0 Å². The van der Waals surface area contributed by atoms with E-state index in [1.807, 2.05) is 17.5 Å². The van der Waals surface area contributed by atoms with E-state index >= 15 is 0 Å². The molecular weight excluding hydrogens is 234 g/mol. The summed E-state index contributed by atoms with van der Waals surface area (Å²) in [5.41, 5.74) is 0.520. The number of carbonyl (C=O) groups is 1. The Hall–Kier alpha value is -2.12. The van der Waals surface area contributed by atoms with Crippen LogP contribution < -0.4 is 4.74 Å². The van der Waals surface area contributed by atoms with E-state index in [9.17, 15) is 4.79 Å². The van der Waals surface area contributed by atoms with Crippen LogP contribution in [0, 0.1) is 11.3 Å². The fraction of sp³-hybridized carbons (Fsp3) is 0.0769. The van der Waals surface area contributed by atoms with Gasteiger partial charge >= 0.3 is 0 Å². The number of nitriles is 1. The predicted octanol–water partition coefficient (Wildman–Crippen LogP) is 2.88. The summed E-state index contributed by atoms with van der Waals surface area (Å²) in [5.74, 6) is 0.483. The first-order valence-corrected chi connectivity index (χ1v) is 5.87. The maximum absolute atomic E-state index is 11.7. The van der Waals surface area contributed by atoms with Crippen molar-refractivity contribution in [3.05, 3.63) is 52.2 Å². The minimum Gasteiger partial charge on any atom is -0.485 e. The summed E-state index contributed by atoms with van der Waals surface area (Å²) in [6.45, 7) is -0.00457. The quantitative estimate of drug-likeness (QED) is 0.776. The number of hydrogen-bond donors (Lipinski definition) is 0. The van der Waals surface area contributed by atoms with Crippen LogP contribution in [0.2, 0.25) is 0 Å². The van der Waals surface area contributed by atoms with Crippen molar-refractivity contribution in [3.8, 4) is 11.8 Å². The van der Waals surface area contributed by atoms with Gasteiger partial charge in [0.1, 0.15) is 5.75 Å². The number of Topliss-reactive ketones (excluding diaryl/α,β-unsaturated/α-hetero) is 1. The van der Waals surface area contributed by atoms with Gasteiger partial charge in [0, 0.05) is 0 Å². The maximum atomic E-state index is 11.7. The second-order valence-corrected chi connectivity index (χ2v) is 4.28. The van der Waals surface area contributed by atoms with Crippen molar-refractivity contribution >= 4 is 17.1 Å². The Morgan fingerprint density at radius 3 is 2.94 bits per heavy atom. The third-order valence-corrected chi connectivity index (χ3v) is 3.04. The second kappa shape index (κ2) is 5.28. The van der Waals surface area contributed by atoms with E-state index in [0.717, 1.165) is 0 Å². The largest absolute Gasteiger partial charge is 0.485 e. The summed E-state index contributed by atoms with van der Waals surface area (Å²) in [6, 6.07) is 12.4. The van der Waals surface area contributed by atoms with Crippen LogP contribution in [0.5, 0.6) is 5.75 Å². The van der Waals surface area contributed by atoms with Crippen molar-refractivity contribution in [1.29, 1.82) is 5.26 Å². The second-order valence-electron chi connectivity index (χ2n) is 3.33. The van der Waals surface area contributed by atoms with Crippen LogP contribution >= 0.6 is 11.3 Å². The van der Waals surface area contributed by atoms with Crippen molar-refractivity contribution in [2.45, 2.75) is 0 Å². The topological polar surface area (TPSA) is 50.1 Å². The van der Waals surface area contributed by atoms with E-state index in [2.05, 4.69) is 0 Å². The summed E-state index contributed by atoms with van der Waals surface area (Å²) in [6.07, 6.45) is 0. The van der Waals surface area contributed by atoms with Gasteiger partial charge in [0.05, 0.1) is 16.5 Å². The summed E-state index contributed by atoms with van der Waals surface area (Å²) < 4.78 is 5.34. The molecule has 3 nitrogen and oxygen atoms in total. The molecule has 0 radical (unpaired) electrons. The molecule has 0 aliphatic heterocycles. The molecule has 0 aliphatic carbocycles. The lowest BCUT2D eigenvalue weighted by molar-refractivity contribution is 0.0925. The SMILES string of the molecule is N#Cc1cccc(OCC(=O)c2cccs2)c1. The number of carbonyl (C=O) groups excluding carboxylic acids is 1. The van der Waals surface area contributed by atoms with E-state index in [1.54, 1.807) is 30.3 Å². The van der Waals surface area contributed by atoms with Crippen LogP contribution in [-0.2, 0) is 0 Å². The maximum Gasteiger partial charge on any atom is 0.210 e. The zero-order chi connectivity index (χ0) is 12.1. The van der Waals surface area contributed by atoms with Crippen LogP contribution in [0.15, 0.2) is 41.8 Å². The molecule has 0 fully saturated rings. The lowest BCUT2D eigenvalue weighted by Crippen LogP contribution is -2.10. The summed E-state index contributed by atoms with van der Waals surface area (Å²) in [7, 11) is 0. The van der Waals surface area contributed by atoms with Crippen LogP contribution in [0.3, 0.4) is 0 Å². The number of benzene rings is 1. The first-order chi connectivity index (χ1) is 8.29. The number of thiophene rings is 1. The first kappa shape index (κ1) is 11.4. The molecule has 0 N–H and O–H groups in total. The van der Waals surface area contributed by atoms with Crippen LogP contribution in [-0.4, -0.2) is 12.4 Å². The number of rotatable bonds is 4. The average molecular weight is 243 g/mol. The molecule has 0 spiro atoms. The molecule has 0 saturated carbocycles. The molecule has 0 unspecified atom stereocenters. The third kappa shape index (κ3) is 2.92. The van der Waals surface area contributed by atoms with Crippen LogP contribution in [0.4, 0.5) is 0 Å². The van der Waals surface area contributed by atoms with Gasteiger partial charge in [0.15, 0.2) is 6.61 Å². The average Bonchev–Trinajstić information content (AvgIpc) is 2.90. The molecule has 84 valence electrons. The Morgan fingerprint density at radius 1 is 1.35 bits per heavy atom. The fourth-order valence-electron chi connectivity index (χ4n) is 1.31. The van der Waals surface area contributed by atoms with Crippen molar-refractivity contribution in [2.75, 3.05) is 6.61 Å². The normalized spacial score (nSPS) is 9.59. The van der Waals surface area contributed by atoms with Crippen molar-refractivity contribution < 1.29 is 9.53 Å². The molecular formula is C13H9NO2S. The predicted molar refractivity (Wildman–Crippen MR) is 65.3 cm³/mol. The highest BCUT2D eigenvalue weighted by atomic mass is 32.1. The molecule has 0 aliphatic rings. The minimum atomic E-state index is -0.0534. The standard InChI is InChI=1S/C13H9NO2S/c14-8-10-3-1-4-11(7-10)16-9-12(15)13-5-2-6-17-13/h1-7H,9H2. The zero-order valence-electron chi connectivity index (χ0n) is 8.92. The van der Waals surface area contributed by atoms with Gasteiger partial charge in [-0.2, -0.15) is 5.26 Å². The van der Waals surface area contributed by atoms with Gasteiger partial charge in [-0.15, -0.1) is 11.3 Å². The van der Waals surface area contributed by atoms with E-state index in [4.69, 9.17) is 10.00 Å². The molecule has 0 amide bonds. The molecule has 2 rings (SSSR count). The number of ketones is 1. The summed E-state index contributed by atoms with van der Waals surface area (Å²) in [4.78, 5) is 12.3. The third-order valence-electron chi connectivity index (χ3n) is 2.13. The monoisotopic (exact) mass is 243 g/mol. The molecule has 1 heterocycles. The van der Waals surface area contributed by atoms with Crippen LogP contribution in [0.1, 0.15) is 15.2 Å². The van der Waals surface area contributed by atoms with Gasteiger partial charge < -0.3 is 4.74 Å². The summed E-state index contributed by atoms with van der Waals surface area (Å²) >= 11 is 1.39. The number of nitrogens with zero attached hydrogens (tertiary/aromatic N) is 1. The van der Waals surface area contributed by atoms with Crippen molar-refractivity contribution in [3.63, 3.8) is 0 Å². The Labute approximate surface area is 103 Å². The Kier molecular flexibility index (Phi) is 3.53. The fourth-order valence-corrected chi connectivity index (χ4v) is 1.96. The van der Waals surface area contributed by atoms with Gasteiger partial charge in [-0.3, -0.25) is 4.79 Å². The van der Waals surface area contributed by atoms with E-state index in [1.165, 1.54) is 11.3 Å². The van der Waals surface area contributed by atoms with Crippen LogP contribution in [0.25, 0.3) is 0 Å². The minimum absolute atomic E-state index is 0.00457. The molecule has 0 saturated heterocycles.